The van der Waals surface area contributed by atoms with Crippen LogP contribution in [-0.4, -0.2) is 29.7 Å². The Labute approximate surface area is 99.9 Å². The molecule has 2 aromatic heterocycles. The molecular formula is C11H17N5O. The number of hydrogen-bond donors (Lipinski definition) is 1. The SMILES string of the molecule is CCn1ccnc1Cn1cc(C(C)(C)O)nn1. The Kier molecular flexibility index (Phi) is 2.97. The van der Waals surface area contributed by atoms with Gasteiger partial charge in [-0.15, -0.1) is 5.10 Å². The Balaban J connectivity index is 2.17. The molecule has 2 heterocycles. The van der Waals surface area contributed by atoms with Gasteiger partial charge in [0.05, 0.1) is 6.20 Å². The summed E-state index contributed by atoms with van der Waals surface area (Å²) in [5, 5.41) is 17.7. The fourth-order valence-corrected chi connectivity index (χ4v) is 1.58. The Morgan fingerprint density at radius 2 is 2.18 bits per heavy atom. The van der Waals surface area contributed by atoms with Crippen molar-refractivity contribution in [3.63, 3.8) is 0 Å². The zero-order chi connectivity index (χ0) is 12.5. The minimum atomic E-state index is -0.960. The van der Waals surface area contributed by atoms with Crippen LogP contribution in [-0.2, 0) is 18.7 Å². The third-order valence-corrected chi connectivity index (χ3v) is 2.61. The van der Waals surface area contributed by atoms with Gasteiger partial charge in [-0.2, -0.15) is 0 Å². The molecule has 0 saturated heterocycles. The predicted octanol–water partition coefficient (Wildman–Crippen LogP) is 0.770. The van der Waals surface area contributed by atoms with Crippen LogP contribution in [0.5, 0.6) is 0 Å². The van der Waals surface area contributed by atoms with Crippen molar-refractivity contribution in [3.05, 3.63) is 30.1 Å². The van der Waals surface area contributed by atoms with E-state index in [1.54, 1.807) is 30.9 Å². The zero-order valence-corrected chi connectivity index (χ0v) is 10.3. The molecule has 0 aromatic carbocycles. The minimum absolute atomic E-state index is 0.559. The largest absolute Gasteiger partial charge is 0.384 e. The molecular weight excluding hydrogens is 218 g/mol. The monoisotopic (exact) mass is 235 g/mol. The molecule has 92 valence electrons. The molecule has 6 heteroatoms. The number of nitrogens with zero attached hydrogens (tertiary/aromatic N) is 5. The molecule has 6 nitrogen and oxygen atoms in total. The summed E-state index contributed by atoms with van der Waals surface area (Å²) in [5.41, 5.74) is -0.398. The number of aryl methyl sites for hydroxylation is 1. The lowest BCUT2D eigenvalue weighted by molar-refractivity contribution is 0.0737. The second kappa shape index (κ2) is 4.29. The van der Waals surface area contributed by atoms with Crippen molar-refractivity contribution in [2.45, 2.75) is 39.5 Å². The van der Waals surface area contributed by atoms with E-state index in [0.29, 0.717) is 12.2 Å². The van der Waals surface area contributed by atoms with E-state index in [0.717, 1.165) is 12.4 Å². The van der Waals surface area contributed by atoms with Crippen molar-refractivity contribution in [2.24, 2.45) is 0 Å². The lowest BCUT2D eigenvalue weighted by Gasteiger charge is -2.11. The summed E-state index contributed by atoms with van der Waals surface area (Å²) in [4.78, 5) is 4.27. The van der Waals surface area contributed by atoms with Crippen molar-refractivity contribution >= 4 is 0 Å². The van der Waals surface area contributed by atoms with Crippen molar-refractivity contribution in [1.29, 1.82) is 0 Å². The number of aliphatic hydroxyl groups is 1. The van der Waals surface area contributed by atoms with Gasteiger partial charge < -0.3 is 9.67 Å². The zero-order valence-electron chi connectivity index (χ0n) is 10.3. The highest BCUT2D eigenvalue weighted by atomic mass is 16.3. The summed E-state index contributed by atoms with van der Waals surface area (Å²) in [6.07, 6.45) is 5.45. The van der Waals surface area contributed by atoms with E-state index >= 15 is 0 Å². The van der Waals surface area contributed by atoms with Gasteiger partial charge in [-0.1, -0.05) is 5.21 Å². The van der Waals surface area contributed by atoms with Crippen molar-refractivity contribution in [2.75, 3.05) is 0 Å². The first-order valence-electron chi connectivity index (χ1n) is 5.63. The van der Waals surface area contributed by atoms with Gasteiger partial charge in [0.2, 0.25) is 0 Å². The van der Waals surface area contributed by atoms with Gasteiger partial charge in [-0.3, -0.25) is 0 Å². The Hall–Kier alpha value is -1.69. The minimum Gasteiger partial charge on any atom is -0.384 e. The topological polar surface area (TPSA) is 68.8 Å². The molecule has 0 bridgehead atoms. The van der Waals surface area contributed by atoms with Gasteiger partial charge in [0, 0.05) is 18.9 Å². The molecule has 0 aliphatic heterocycles. The molecule has 17 heavy (non-hydrogen) atoms. The lowest BCUT2D eigenvalue weighted by atomic mass is 10.1. The van der Waals surface area contributed by atoms with Crippen LogP contribution in [0.1, 0.15) is 32.3 Å². The number of imidazole rings is 1. The Morgan fingerprint density at radius 1 is 1.41 bits per heavy atom. The quantitative estimate of drug-likeness (QED) is 0.850. The maximum absolute atomic E-state index is 9.79. The molecule has 0 aliphatic rings. The Bertz CT molecular complexity index is 494. The van der Waals surface area contributed by atoms with Crippen LogP contribution in [0.2, 0.25) is 0 Å². The predicted molar refractivity (Wildman–Crippen MR) is 62.3 cm³/mol. The number of aromatic nitrogens is 5. The van der Waals surface area contributed by atoms with Crippen LogP contribution in [0.4, 0.5) is 0 Å². The standard InChI is InChI=1S/C11H17N5O/c1-4-15-6-5-12-10(15)8-16-7-9(13-14-16)11(2,3)17/h5-7,17H,4,8H2,1-3H3. The van der Waals surface area contributed by atoms with Crippen LogP contribution in [0.15, 0.2) is 18.6 Å². The third kappa shape index (κ3) is 2.52. The molecule has 0 spiro atoms. The fraction of sp³-hybridized carbons (Fsp3) is 0.545. The third-order valence-electron chi connectivity index (χ3n) is 2.61. The maximum Gasteiger partial charge on any atom is 0.130 e. The molecule has 0 radical (unpaired) electrons. The smallest absolute Gasteiger partial charge is 0.130 e. The number of rotatable bonds is 4. The van der Waals surface area contributed by atoms with Crippen LogP contribution in [0, 0.1) is 0 Å². The van der Waals surface area contributed by atoms with E-state index in [9.17, 15) is 5.11 Å². The van der Waals surface area contributed by atoms with Crippen molar-refractivity contribution < 1.29 is 5.11 Å². The molecule has 0 amide bonds. The molecule has 0 aliphatic carbocycles. The summed E-state index contributed by atoms with van der Waals surface area (Å²) < 4.78 is 3.73. The summed E-state index contributed by atoms with van der Waals surface area (Å²) in [6, 6.07) is 0. The molecule has 0 atom stereocenters. The maximum atomic E-state index is 9.79. The first-order valence-corrected chi connectivity index (χ1v) is 5.63. The molecule has 0 saturated carbocycles. The van der Waals surface area contributed by atoms with Crippen LogP contribution < -0.4 is 0 Å². The van der Waals surface area contributed by atoms with Crippen molar-refractivity contribution in [3.8, 4) is 0 Å². The summed E-state index contributed by atoms with van der Waals surface area (Å²) in [5.74, 6) is 0.930. The van der Waals surface area contributed by atoms with Gasteiger partial charge in [0.1, 0.15) is 23.7 Å². The van der Waals surface area contributed by atoms with E-state index < -0.39 is 5.60 Å². The highest BCUT2D eigenvalue weighted by Crippen LogP contribution is 2.15. The molecule has 1 N–H and O–H groups in total. The van der Waals surface area contributed by atoms with E-state index in [4.69, 9.17) is 0 Å². The van der Waals surface area contributed by atoms with Gasteiger partial charge in [-0.05, 0) is 20.8 Å². The van der Waals surface area contributed by atoms with Gasteiger partial charge >= 0.3 is 0 Å². The second-order valence-electron chi connectivity index (χ2n) is 4.49. The van der Waals surface area contributed by atoms with Gasteiger partial charge in [-0.25, -0.2) is 9.67 Å². The average molecular weight is 235 g/mol. The van der Waals surface area contributed by atoms with Crippen LogP contribution in [0.3, 0.4) is 0 Å². The second-order valence-corrected chi connectivity index (χ2v) is 4.49. The molecule has 2 aromatic rings. The van der Waals surface area contributed by atoms with E-state index in [2.05, 4.69) is 22.2 Å². The first-order chi connectivity index (χ1) is 8.00. The summed E-state index contributed by atoms with van der Waals surface area (Å²) in [7, 11) is 0. The highest BCUT2D eigenvalue weighted by Gasteiger charge is 2.20. The van der Waals surface area contributed by atoms with Gasteiger partial charge in [0.25, 0.3) is 0 Å². The fourth-order valence-electron chi connectivity index (χ4n) is 1.58. The Morgan fingerprint density at radius 3 is 2.76 bits per heavy atom. The first kappa shape index (κ1) is 11.8. The molecule has 0 unspecified atom stereocenters. The van der Waals surface area contributed by atoms with Crippen LogP contribution >= 0.6 is 0 Å². The normalized spacial score (nSPS) is 12.0. The van der Waals surface area contributed by atoms with Gasteiger partial charge in [0.15, 0.2) is 0 Å². The average Bonchev–Trinajstić information content (AvgIpc) is 2.86. The molecule has 2 rings (SSSR count). The summed E-state index contributed by atoms with van der Waals surface area (Å²) in [6.45, 7) is 6.88. The summed E-state index contributed by atoms with van der Waals surface area (Å²) >= 11 is 0. The van der Waals surface area contributed by atoms with E-state index in [1.807, 2.05) is 10.8 Å². The molecule has 0 fully saturated rings. The van der Waals surface area contributed by atoms with Crippen molar-refractivity contribution in [1.82, 2.24) is 24.5 Å². The number of hydrogen-bond acceptors (Lipinski definition) is 4. The lowest BCUT2D eigenvalue weighted by Crippen LogP contribution is -2.16. The van der Waals surface area contributed by atoms with Crippen LogP contribution in [0.25, 0.3) is 0 Å². The van der Waals surface area contributed by atoms with E-state index in [-0.39, 0.29) is 0 Å². The van der Waals surface area contributed by atoms with E-state index in [1.165, 1.54) is 0 Å². The highest BCUT2D eigenvalue weighted by molar-refractivity contribution is 5.04.